The summed E-state index contributed by atoms with van der Waals surface area (Å²) in [5.41, 5.74) is -0.494. The number of rotatable bonds is 6. The molecule has 1 aromatic heterocycles. The molecule has 20 heavy (non-hydrogen) atoms. The van der Waals surface area contributed by atoms with Crippen molar-refractivity contribution in [3.05, 3.63) is 5.01 Å². The molecule has 2 rings (SSSR count). The molecule has 5 nitrogen and oxygen atoms in total. The van der Waals surface area contributed by atoms with Crippen LogP contribution in [0.3, 0.4) is 0 Å². The minimum Gasteiger partial charge on any atom is -0.468 e. The van der Waals surface area contributed by atoms with Gasteiger partial charge in [-0.15, -0.1) is 10.2 Å². The molecule has 7 heteroatoms. The van der Waals surface area contributed by atoms with Crippen LogP contribution in [0.15, 0.2) is 4.34 Å². The summed E-state index contributed by atoms with van der Waals surface area (Å²) in [5, 5.41) is 12.3. The van der Waals surface area contributed by atoms with Crippen LogP contribution in [-0.4, -0.2) is 41.6 Å². The van der Waals surface area contributed by atoms with Crippen LogP contribution in [0.4, 0.5) is 0 Å². The van der Waals surface area contributed by atoms with E-state index in [9.17, 15) is 4.79 Å². The van der Waals surface area contributed by atoms with Crippen LogP contribution >= 0.6 is 23.1 Å². The Morgan fingerprint density at radius 2 is 2.40 bits per heavy atom. The van der Waals surface area contributed by atoms with Gasteiger partial charge in [0.2, 0.25) is 0 Å². The third-order valence-corrected chi connectivity index (χ3v) is 6.02. The Morgan fingerprint density at radius 1 is 1.60 bits per heavy atom. The third-order valence-electron chi connectivity index (χ3n) is 4.02. The summed E-state index contributed by atoms with van der Waals surface area (Å²) in [6.07, 6.45) is 4.00. The van der Waals surface area contributed by atoms with Crippen LogP contribution in [0.5, 0.6) is 0 Å². The molecular formula is C13H21N3O2S2. The number of nitrogens with one attached hydrogen (secondary N) is 1. The summed E-state index contributed by atoms with van der Waals surface area (Å²) >= 11 is 3.34. The van der Waals surface area contributed by atoms with Crippen LogP contribution in [0.2, 0.25) is 0 Å². The smallest absolute Gasteiger partial charge is 0.326 e. The van der Waals surface area contributed by atoms with Crippen LogP contribution in [-0.2, 0) is 9.53 Å². The second kappa shape index (κ2) is 6.87. The minimum absolute atomic E-state index is 0.126. The van der Waals surface area contributed by atoms with Crippen LogP contribution in [0.25, 0.3) is 0 Å². The largest absolute Gasteiger partial charge is 0.468 e. The number of methoxy groups -OCH3 is 1. The zero-order valence-electron chi connectivity index (χ0n) is 12.1. The summed E-state index contributed by atoms with van der Waals surface area (Å²) in [6, 6.07) is 0. The molecule has 1 aliphatic rings. The molecular weight excluding hydrogens is 294 g/mol. The summed E-state index contributed by atoms with van der Waals surface area (Å²) in [5.74, 6) is 1.17. The fourth-order valence-electron chi connectivity index (χ4n) is 2.98. The van der Waals surface area contributed by atoms with Crippen molar-refractivity contribution < 1.29 is 9.53 Å². The Morgan fingerprint density at radius 3 is 3.00 bits per heavy atom. The van der Waals surface area contributed by atoms with Gasteiger partial charge in [-0.3, -0.25) is 4.79 Å². The van der Waals surface area contributed by atoms with Gasteiger partial charge in [-0.05, 0) is 39.2 Å². The van der Waals surface area contributed by atoms with Crippen molar-refractivity contribution in [3.8, 4) is 0 Å². The van der Waals surface area contributed by atoms with Gasteiger partial charge in [0, 0.05) is 5.75 Å². The Bertz CT molecular complexity index is 466. The lowest BCUT2D eigenvalue weighted by Crippen LogP contribution is -2.53. The lowest BCUT2D eigenvalue weighted by Gasteiger charge is -2.32. The van der Waals surface area contributed by atoms with Crippen LogP contribution < -0.4 is 5.32 Å². The summed E-state index contributed by atoms with van der Waals surface area (Å²) in [4.78, 5) is 12.1. The predicted molar refractivity (Wildman–Crippen MR) is 81.1 cm³/mol. The van der Waals surface area contributed by atoms with Crippen molar-refractivity contribution >= 4 is 29.1 Å². The fourth-order valence-corrected chi connectivity index (χ4v) is 4.91. The maximum absolute atomic E-state index is 12.1. The number of nitrogens with zero attached hydrogens (tertiary/aromatic N) is 2. The number of carbonyl (C=O) groups excluding carboxylic acids is 1. The van der Waals surface area contributed by atoms with Gasteiger partial charge < -0.3 is 10.1 Å². The monoisotopic (exact) mass is 315 g/mol. The van der Waals surface area contributed by atoms with Gasteiger partial charge in [-0.25, -0.2) is 0 Å². The molecule has 0 amide bonds. The quantitative estimate of drug-likeness (QED) is 0.642. The first-order chi connectivity index (χ1) is 9.62. The van der Waals surface area contributed by atoms with E-state index in [1.165, 1.54) is 7.11 Å². The Labute approximate surface area is 127 Å². The molecule has 0 aromatic carbocycles. The van der Waals surface area contributed by atoms with Crippen molar-refractivity contribution in [2.24, 2.45) is 5.92 Å². The number of carbonyl (C=O) groups is 1. The normalized spacial score (nSPS) is 25.9. The number of aryl methyl sites for hydroxylation is 1. The molecule has 1 aliphatic carbocycles. The molecule has 0 bridgehead atoms. The maximum Gasteiger partial charge on any atom is 0.326 e. The molecule has 0 spiro atoms. The highest BCUT2D eigenvalue weighted by Gasteiger charge is 2.48. The van der Waals surface area contributed by atoms with Crippen molar-refractivity contribution in [2.75, 3.05) is 19.9 Å². The van der Waals surface area contributed by atoms with E-state index < -0.39 is 5.54 Å². The lowest BCUT2D eigenvalue weighted by atomic mass is 9.85. The van der Waals surface area contributed by atoms with Crippen molar-refractivity contribution in [1.82, 2.24) is 15.5 Å². The highest BCUT2D eigenvalue weighted by molar-refractivity contribution is 8.01. The standard InChI is InChI=1S/C13H21N3O2S2/c1-9-15-16-12(20-9)19-8-6-10-5-4-7-13(10,14-2)11(17)18-3/h10,14H,4-8H2,1-3H3. The molecule has 2 unspecified atom stereocenters. The molecule has 0 saturated heterocycles. The SMILES string of the molecule is CNC1(C(=O)OC)CCCC1CCSc1nnc(C)s1. The topological polar surface area (TPSA) is 64.1 Å². The second-order valence-corrected chi connectivity index (χ2v) is 7.55. The number of likely N-dealkylation sites (N-methyl/N-ethyl adjacent to an activating group) is 1. The maximum atomic E-state index is 12.1. The van der Waals surface area contributed by atoms with E-state index >= 15 is 0 Å². The second-order valence-electron chi connectivity index (χ2n) is 5.03. The van der Waals surface area contributed by atoms with E-state index in [-0.39, 0.29) is 5.97 Å². The zero-order chi connectivity index (χ0) is 14.6. The number of hydrogen-bond donors (Lipinski definition) is 1. The number of aromatic nitrogens is 2. The fraction of sp³-hybridized carbons (Fsp3) is 0.769. The molecule has 1 N–H and O–H groups in total. The molecule has 1 aromatic rings. The first-order valence-corrected chi connectivity index (χ1v) is 8.63. The van der Waals surface area contributed by atoms with Crippen molar-refractivity contribution in [3.63, 3.8) is 0 Å². The minimum atomic E-state index is -0.494. The van der Waals surface area contributed by atoms with Crippen LogP contribution in [0.1, 0.15) is 30.7 Å². The van der Waals surface area contributed by atoms with Gasteiger partial charge in [-0.1, -0.05) is 29.5 Å². The summed E-state index contributed by atoms with van der Waals surface area (Å²) in [7, 11) is 3.33. The van der Waals surface area contributed by atoms with Gasteiger partial charge in [0.25, 0.3) is 0 Å². The van der Waals surface area contributed by atoms with Gasteiger partial charge in [-0.2, -0.15) is 0 Å². The van der Waals surface area contributed by atoms with E-state index in [0.29, 0.717) is 5.92 Å². The average Bonchev–Trinajstić information content (AvgIpc) is 3.05. The van der Waals surface area contributed by atoms with Crippen molar-refractivity contribution in [1.29, 1.82) is 0 Å². The third kappa shape index (κ3) is 3.15. The molecule has 1 saturated carbocycles. The first kappa shape index (κ1) is 15.7. The Hall–Kier alpha value is -0.660. The van der Waals surface area contributed by atoms with Gasteiger partial charge >= 0.3 is 5.97 Å². The Kier molecular flexibility index (Phi) is 5.40. The average molecular weight is 315 g/mol. The lowest BCUT2D eigenvalue weighted by molar-refractivity contribution is -0.150. The van der Waals surface area contributed by atoms with E-state index in [0.717, 1.165) is 40.8 Å². The van der Waals surface area contributed by atoms with E-state index in [2.05, 4.69) is 15.5 Å². The summed E-state index contributed by atoms with van der Waals surface area (Å²) in [6.45, 7) is 1.96. The van der Waals surface area contributed by atoms with Gasteiger partial charge in [0.1, 0.15) is 10.5 Å². The number of ether oxygens (including phenoxy) is 1. The zero-order valence-corrected chi connectivity index (χ0v) is 13.8. The summed E-state index contributed by atoms with van der Waals surface area (Å²) < 4.78 is 6.01. The molecule has 0 aliphatic heterocycles. The molecule has 0 radical (unpaired) electrons. The Balaban J connectivity index is 1.92. The van der Waals surface area contributed by atoms with E-state index in [4.69, 9.17) is 4.74 Å². The first-order valence-electron chi connectivity index (χ1n) is 6.82. The van der Waals surface area contributed by atoms with Gasteiger partial charge in [0.15, 0.2) is 4.34 Å². The van der Waals surface area contributed by atoms with Gasteiger partial charge in [0.05, 0.1) is 7.11 Å². The molecule has 2 atom stereocenters. The molecule has 1 heterocycles. The predicted octanol–water partition coefficient (Wildman–Crippen LogP) is 2.26. The number of thioether (sulfide) groups is 1. The van der Waals surface area contributed by atoms with E-state index in [1.807, 2.05) is 14.0 Å². The highest BCUT2D eigenvalue weighted by Crippen LogP contribution is 2.39. The van der Waals surface area contributed by atoms with E-state index in [1.54, 1.807) is 23.1 Å². The van der Waals surface area contributed by atoms with Crippen molar-refractivity contribution in [2.45, 2.75) is 42.5 Å². The van der Waals surface area contributed by atoms with Crippen LogP contribution in [0, 0.1) is 12.8 Å². The highest BCUT2D eigenvalue weighted by atomic mass is 32.2. The molecule has 1 fully saturated rings. The molecule has 112 valence electrons. The number of hydrogen-bond acceptors (Lipinski definition) is 7. The number of esters is 1.